The molecule has 0 amide bonds. The average Bonchev–Trinajstić information content (AvgIpc) is 2.40. The Morgan fingerprint density at radius 1 is 1.29 bits per heavy atom. The summed E-state index contributed by atoms with van der Waals surface area (Å²) in [5.74, 6) is 0.920. The highest BCUT2D eigenvalue weighted by molar-refractivity contribution is 5.67. The maximum absolute atomic E-state index is 5.17. The van der Waals surface area contributed by atoms with Crippen LogP contribution in [0.3, 0.4) is 0 Å². The van der Waals surface area contributed by atoms with E-state index in [1.165, 1.54) is 11.1 Å². The van der Waals surface area contributed by atoms with Gasteiger partial charge in [0.25, 0.3) is 0 Å². The molecule has 2 nitrogen and oxygen atoms in total. The van der Waals surface area contributed by atoms with Crippen molar-refractivity contribution < 1.29 is 4.74 Å². The summed E-state index contributed by atoms with van der Waals surface area (Å²) < 4.78 is 5.17. The van der Waals surface area contributed by atoms with Gasteiger partial charge in [-0.25, -0.2) is 0 Å². The Bertz CT molecular complexity index is 380. The number of ether oxygens (including phenoxy) is 1. The standard InChI is InChI=1S/C15H20NO/c1-3-10-16-11-8-14(9-12-16)13-4-6-15(17-2)7-5-13/h4-8H,1,3,9-12H2,2H3. The fourth-order valence-electron chi connectivity index (χ4n) is 2.21. The van der Waals surface area contributed by atoms with Crippen LogP contribution in [0.1, 0.15) is 18.4 Å². The number of nitrogens with zero attached hydrogens (tertiary/aromatic N) is 1. The molecule has 1 aromatic rings. The molecule has 0 unspecified atom stereocenters. The second-order valence-corrected chi connectivity index (χ2v) is 4.36. The first-order chi connectivity index (χ1) is 8.33. The van der Waals surface area contributed by atoms with E-state index in [1.807, 2.05) is 12.1 Å². The van der Waals surface area contributed by atoms with Crippen LogP contribution in [0.15, 0.2) is 30.3 Å². The highest BCUT2D eigenvalue weighted by Gasteiger charge is 2.11. The zero-order valence-electron chi connectivity index (χ0n) is 10.5. The lowest BCUT2D eigenvalue weighted by molar-refractivity contribution is 0.307. The van der Waals surface area contributed by atoms with E-state index in [0.717, 1.165) is 38.2 Å². The Hall–Kier alpha value is -1.28. The van der Waals surface area contributed by atoms with E-state index in [0.29, 0.717) is 0 Å². The molecule has 0 fully saturated rings. The summed E-state index contributed by atoms with van der Waals surface area (Å²) in [6.07, 6.45) is 4.46. The maximum atomic E-state index is 5.17. The highest BCUT2D eigenvalue weighted by Crippen LogP contribution is 2.24. The van der Waals surface area contributed by atoms with Crippen LogP contribution in [0.5, 0.6) is 5.75 Å². The van der Waals surface area contributed by atoms with Gasteiger partial charge in [0.1, 0.15) is 5.75 Å². The molecule has 1 radical (unpaired) electrons. The molecule has 0 spiro atoms. The van der Waals surface area contributed by atoms with Crippen LogP contribution in [-0.4, -0.2) is 31.6 Å². The number of hydrogen-bond donors (Lipinski definition) is 0. The van der Waals surface area contributed by atoms with Gasteiger partial charge < -0.3 is 4.74 Å². The predicted octanol–water partition coefficient (Wildman–Crippen LogP) is 3.01. The van der Waals surface area contributed by atoms with Gasteiger partial charge in [-0.15, -0.1) is 0 Å². The molecule has 1 aliphatic heterocycles. The second kappa shape index (κ2) is 5.87. The fourth-order valence-corrected chi connectivity index (χ4v) is 2.21. The molecule has 2 rings (SSSR count). The Morgan fingerprint density at radius 2 is 2.06 bits per heavy atom. The zero-order valence-corrected chi connectivity index (χ0v) is 10.5. The van der Waals surface area contributed by atoms with Gasteiger partial charge >= 0.3 is 0 Å². The lowest BCUT2D eigenvalue weighted by Crippen LogP contribution is -2.29. The summed E-state index contributed by atoms with van der Waals surface area (Å²) in [5.41, 5.74) is 2.77. The molecule has 91 valence electrons. The maximum Gasteiger partial charge on any atom is 0.118 e. The smallest absolute Gasteiger partial charge is 0.118 e. The fraction of sp³-hybridized carbons (Fsp3) is 0.400. The minimum atomic E-state index is 0.920. The van der Waals surface area contributed by atoms with Crippen molar-refractivity contribution in [2.45, 2.75) is 12.8 Å². The molecule has 0 N–H and O–H groups in total. The van der Waals surface area contributed by atoms with Crippen molar-refractivity contribution in [2.75, 3.05) is 26.7 Å². The molecule has 0 bridgehead atoms. The summed E-state index contributed by atoms with van der Waals surface area (Å²) in [6.45, 7) is 7.20. The van der Waals surface area contributed by atoms with Crippen LogP contribution in [0.25, 0.3) is 5.57 Å². The van der Waals surface area contributed by atoms with Gasteiger partial charge in [0.15, 0.2) is 0 Å². The van der Waals surface area contributed by atoms with E-state index >= 15 is 0 Å². The summed E-state index contributed by atoms with van der Waals surface area (Å²) in [6, 6.07) is 8.33. The van der Waals surface area contributed by atoms with Gasteiger partial charge in [-0.1, -0.05) is 25.1 Å². The number of rotatable bonds is 4. The average molecular weight is 230 g/mol. The lowest BCUT2D eigenvalue weighted by Gasteiger charge is -2.25. The normalized spacial score (nSPS) is 16.7. The Labute approximate surface area is 104 Å². The molecule has 0 aromatic heterocycles. The van der Waals surface area contributed by atoms with E-state index in [9.17, 15) is 0 Å². The summed E-state index contributed by atoms with van der Waals surface area (Å²) in [7, 11) is 1.70. The highest BCUT2D eigenvalue weighted by atomic mass is 16.5. The van der Waals surface area contributed by atoms with Crippen molar-refractivity contribution in [1.82, 2.24) is 4.90 Å². The van der Waals surface area contributed by atoms with E-state index in [2.05, 4.69) is 30.0 Å². The third-order valence-electron chi connectivity index (χ3n) is 3.23. The van der Waals surface area contributed by atoms with Crippen LogP contribution in [-0.2, 0) is 0 Å². The van der Waals surface area contributed by atoms with Crippen LogP contribution in [0, 0.1) is 6.92 Å². The molecule has 2 heteroatoms. The monoisotopic (exact) mass is 230 g/mol. The number of benzene rings is 1. The molecule has 0 atom stereocenters. The van der Waals surface area contributed by atoms with Crippen LogP contribution < -0.4 is 4.74 Å². The predicted molar refractivity (Wildman–Crippen MR) is 72.0 cm³/mol. The first-order valence-corrected chi connectivity index (χ1v) is 6.18. The van der Waals surface area contributed by atoms with Crippen molar-refractivity contribution in [1.29, 1.82) is 0 Å². The van der Waals surface area contributed by atoms with Crippen LogP contribution in [0.4, 0.5) is 0 Å². The first-order valence-electron chi connectivity index (χ1n) is 6.18. The van der Waals surface area contributed by atoms with E-state index < -0.39 is 0 Å². The van der Waals surface area contributed by atoms with Crippen molar-refractivity contribution >= 4 is 5.57 Å². The summed E-state index contributed by atoms with van der Waals surface area (Å²) >= 11 is 0. The largest absolute Gasteiger partial charge is 0.497 e. The minimum Gasteiger partial charge on any atom is -0.497 e. The molecular formula is C15H20NO. The van der Waals surface area contributed by atoms with Gasteiger partial charge in [0, 0.05) is 13.1 Å². The Kier molecular flexibility index (Phi) is 4.21. The molecular weight excluding hydrogens is 210 g/mol. The molecule has 0 aliphatic carbocycles. The third kappa shape index (κ3) is 3.10. The van der Waals surface area contributed by atoms with Crippen molar-refractivity contribution in [3.63, 3.8) is 0 Å². The topological polar surface area (TPSA) is 12.5 Å². The second-order valence-electron chi connectivity index (χ2n) is 4.36. The van der Waals surface area contributed by atoms with Crippen LogP contribution >= 0.6 is 0 Å². The van der Waals surface area contributed by atoms with Gasteiger partial charge in [0.05, 0.1) is 7.11 Å². The van der Waals surface area contributed by atoms with Gasteiger partial charge in [-0.05, 0) is 42.7 Å². The third-order valence-corrected chi connectivity index (χ3v) is 3.23. The van der Waals surface area contributed by atoms with Gasteiger partial charge in [-0.3, -0.25) is 4.90 Å². The summed E-state index contributed by atoms with van der Waals surface area (Å²) in [5, 5.41) is 0. The minimum absolute atomic E-state index is 0.920. The Morgan fingerprint density at radius 3 is 2.59 bits per heavy atom. The molecule has 1 heterocycles. The van der Waals surface area contributed by atoms with Gasteiger partial charge in [0.2, 0.25) is 0 Å². The zero-order chi connectivity index (χ0) is 12.1. The SMILES string of the molecule is [CH2]CCN1CC=C(c2ccc(OC)cc2)CC1. The van der Waals surface area contributed by atoms with E-state index in [1.54, 1.807) is 7.11 Å². The molecule has 0 saturated carbocycles. The van der Waals surface area contributed by atoms with Crippen molar-refractivity contribution in [3.8, 4) is 5.75 Å². The van der Waals surface area contributed by atoms with Gasteiger partial charge in [-0.2, -0.15) is 0 Å². The Balaban J connectivity index is 2.03. The molecule has 17 heavy (non-hydrogen) atoms. The van der Waals surface area contributed by atoms with Crippen LogP contribution in [0.2, 0.25) is 0 Å². The van der Waals surface area contributed by atoms with E-state index in [4.69, 9.17) is 4.74 Å². The molecule has 1 aromatic carbocycles. The molecule has 0 saturated heterocycles. The lowest BCUT2D eigenvalue weighted by atomic mass is 9.99. The van der Waals surface area contributed by atoms with Crippen molar-refractivity contribution in [3.05, 3.63) is 42.8 Å². The van der Waals surface area contributed by atoms with E-state index in [-0.39, 0.29) is 0 Å². The van der Waals surface area contributed by atoms with Crippen molar-refractivity contribution in [2.24, 2.45) is 0 Å². The number of hydrogen-bond acceptors (Lipinski definition) is 2. The summed E-state index contributed by atoms with van der Waals surface area (Å²) in [4.78, 5) is 2.44. The quantitative estimate of drug-likeness (QED) is 0.788. The number of methoxy groups -OCH3 is 1. The molecule has 1 aliphatic rings. The first kappa shape index (κ1) is 12.2.